The smallest absolute Gasteiger partial charge is 0.340 e. The molecule has 0 bridgehead atoms. The lowest BCUT2D eigenvalue weighted by atomic mass is 10.1. The van der Waals surface area contributed by atoms with Gasteiger partial charge in [-0.05, 0) is 31.0 Å². The molecule has 0 aliphatic carbocycles. The number of nitrogens with zero attached hydrogens (tertiary/aromatic N) is 2. The number of nitrogens with one attached hydrogen (secondary N) is 2. The number of benzene rings is 1. The number of urea groups is 1. The molecule has 2 N–H and O–H groups in total. The fourth-order valence-corrected chi connectivity index (χ4v) is 4.85. The second-order valence-electron chi connectivity index (χ2n) is 7.09. The summed E-state index contributed by atoms with van der Waals surface area (Å²) in [6.07, 6.45) is 3.36. The Labute approximate surface area is 188 Å². The van der Waals surface area contributed by atoms with E-state index in [-0.39, 0.29) is 17.0 Å². The van der Waals surface area contributed by atoms with Gasteiger partial charge in [-0.3, -0.25) is 10.1 Å². The monoisotopic (exact) mass is 466 g/mol. The number of esters is 1. The molecule has 1 aromatic carbocycles. The Bertz CT molecular complexity index is 953. The average Bonchev–Trinajstić information content (AvgIpc) is 3.31. The second kappa shape index (κ2) is 11.6. The maximum Gasteiger partial charge on any atom is 0.340 e. The van der Waals surface area contributed by atoms with Gasteiger partial charge in [-0.25, -0.2) is 18.0 Å². The van der Waals surface area contributed by atoms with Crippen LogP contribution < -0.4 is 15.5 Å². The molecule has 1 aliphatic rings. The predicted octanol–water partition coefficient (Wildman–Crippen LogP) is 1.49. The predicted molar refractivity (Wildman–Crippen MR) is 120 cm³/mol. The summed E-state index contributed by atoms with van der Waals surface area (Å²) < 4.78 is 32.2. The van der Waals surface area contributed by atoms with Gasteiger partial charge >= 0.3 is 12.0 Å². The molecule has 1 aliphatic heterocycles. The van der Waals surface area contributed by atoms with Gasteiger partial charge in [0, 0.05) is 32.7 Å². The number of amides is 3. The molecule has 0 unspecified atom stereocenters. The molecular weight excluding hydrogens is 436 g/mol. The van der Waals surface area contributed by atoms with E-state index >= 15 is 0 Å². The first-order valence-electron chi connectivity index (χ1n) is 10.5. The summed E-state index contributed by atoms with van der Waals surface area (Å²) in [7, 11) is -3.79. The molecule has 0 atom stereocenters. The molecular formula is C21H30N4O6S. The molecule has 1 fully saturated rings. The van der Waals surface area contributed by atoms with E-state index in [9.17, 15) is 22.8 Å². The Morgan fingerprint density at radius 1 is 1.19 bits per heavy atom. The topological polar surface area (TPSA) is 125 Å². The number of hydrogen-bond acceptors (Lipinski definition) is 7. The van der Waals surface area contributed by atoms with Crippen molar-refractivity contribution in [2.45, 2.75) is 31.6 Å². The summed E-state index contributed by atoms with van der Waals surface area (Å²) in [5, 5.41) is 4.40. The fraction of sp³-hybridized carbons (Fsp3) is 0.476. The summed E-state index contributed by atoms with van der Waals surface area (Å²) in [5.41, 5.74) is 0.610. The third kappa shape index (κ3) is 6.30. The molecule has 0 saturated carbocycles. The van der Waals surface area contributed by atoms with Crippen molar-refractivity contribution in [2.24, 2.45) is 0 Å². The lowest BCUT2D eigenvalue weighted by Crippen LogP contribution is -2.41. The van der Waals surface area contributed by atoms with Crippen molar-refractivity contribution in [3.8, 4) is 0 Å². The number of carbonyl (C=O) groups excluding carboxylic acids is 3. The summed E-state index contributed by atoms with van der Waals surface area (Å²) in [5.74, 6) is -1.65. The molecule has 11 heteroatoms. The highest BCUT2D eigenvalue weighted by Gasteiger charge is 2.27. The quantitative estimate of drug-likeness (QED) is 0.395. The van der Waals surface area contributed by atoms with Crippen molar-refractivity contribution in [1.82, 2.24) is 14.9 Å². The first-order valence-corrected chi connectivity index (χ1v) is 11.9. The molecule has 1 saturated heterocycles. The number of rotatable bonds is 10. The lowest BCUT2D eigenvalue weighted by molar-refractivity contribution is -0.123. The minimum Gasteiger partial charge on any atom is -0.452 e. The van der Waals surface area contributed by atoms with Crippen molar-refractivity contribution < 1.29 is 27.5 Å². The van der Waals surface area contributed by atoms with E-state index in [1.165, 1.54) is 22.5 Å². The van der Waals surface area contributed by atoms with Crippen LogP contribution >= 0.6 is 0 Å². The summed E-state index contributed by atoms with van der Waals surface area (Å²) >= 11 is 0. The van der Waals surface area contributed by atoms with Gasteiger partial charge in [-0.1, -0.05) is 19.9 Å². The zero-order chi connectivity index (χ0) is 23.7. The lowest BCUT2D eigenvalue weighted by Gasteiger charge is -2.23. The van der Waals surface area contributed by atoms with Crippen LogP contribution in [0.3, 0.4) is 0 Å². The van der Waals surface area contributed by atoms with Crippen molar-refractivity contribution in [3.05, 3.63) is 36.4 Å². The van der Waals surface area contributed by atoms with Crippen LogP contribution in [-0.4, -0.2) is 70.0 Å². The van der Waals surface area contributed by atoms with Crippen LogP contribution in [0, 0.1) is 0 Å². The highest BCUT2D eigenvalue weighted by Crippen LogP contribution is 2.29. The van der Waals surface area contributed by atoms with E-state index in [1.807, 2.05) is 10.2 Å². The highest BCUT2D eigenvalue weighted by molar-refractivity contribution is 7.89. The number of sulfonamides is 1. The van der Waals surface area contributed by atoms with Gasteiger partial charge in [0.25, 0.3) is 5.91 Å². The Kier molecular flexibility index (Phi) is 9.21. The van der Waals surface area contributed by atoms with Gasteiger partial charge in [-0.2, -0.15) is 4.31 Å². The molecule has 32 heavy (non-hydrogen) atoms. The van der Waals surface area contributed by atoms with Gasteiger partial charge in [-0.15, -0.1) is 6.58 Å². The van der Waals surface area contributed by atoms with E-state index in [2.05, 4.69) is 11.9 Å². The van der Waals surface area contributed by atoms with Crippen molar-refractivity contribution >= 4 is 33.6 Å². The standard InChI is InChI=1S/C21H30N4O6S/c1-4-11-22-21(28)23-19(26)15-31-20(27)17-14-16(32(29,30)25(5-2)6-3)9-10-18(17)24-12-7-8-13-24/h4,9-10,14H,1,5-8,11-13,15H2,2-3H3,(H2,22,23,26,28). The Balaban J connectivity index is 2.24. The number of carbonyl (C=O) groups is 3. The molecule has 1 aromatic rings. The fourth-order valence-electron chi connectivity index (χ4n) is 3.37. The zero-order valence-electron chi connectivity index (χ0n) is 18.4. The Morgan fingerprint density at radius 2 is 1.84 bits per heavy atom. The average molecular weight is 467 g/mol. The van der Waals surface area contributed by atoms with Gasteiger partial charge in [0.15, 0.2) is 6.61 Å². The third-order valence-electron chi connectivity index (χ3n) is 4.97. The minimum absolute atomic E-state index is 0.0237. The molecule has 3 amide bonds. The number of imide groups is 1. The summed E-state index contributed by atoms with van der Waals surface area (Å²) in [4.78, 5) is 38.2. The number of ether oxygens (including phenoxy) is 1. The minimum atomic E-state index is -3.79. The summed E-state index contributed by atoms with van der Waals surface area (Å²) in [6.45, 7) is 8.44. The van der Waals surface area contributed by atoms with Crippen molar-refractivity contribution in [2.75, 3.05) is 44.2 Å². The largest absolute Gasteiger partial charge is 0.452 e. The van der Waals surface area contributed by atoms with Crippen LogP contribution in [-0.2, 0) is 19.6 Å². The third-order valence-corrected chi connectivity index (χ3v) is 7.02. The van der Waals surface area contributed by atoms with Crippen LogP contribution in [0.1, 0.15) is 37.0 Å². The van der Waals surface area contributed by atoms with Crippen LogP contribution in [0.5, 0.6) is 0 Å². The molecule has 0 aromatic heterocycles. The van der Waals surface area contributed by atoms with Crippen molar-refractivity contribution in [3.63, 3.8) is 0 Å². The van der Waals surface area contributed by atoms with Crippen LogP contribution in [0.25, 0.3) is 0 Å². The molecule has 0 spiro atoms. The van der Waals surface area contributed by atoms with Gasteiger partial charge in [0.2, 0.25) is 10.0 Å². The maximum atomic E-state index is 12.9. The molecule has 1 heterocycles. The first-order chi connectivity index (χ1) is 15.2. The van der Waals surface area contributed by atoms with E-state index < -0.39 is 34.5 Å². The van der Waals surface area contributed by atoms with E-state index in [0.717, 1.165) is 25.9 Å². The molecule has 2 rings (SSSR count). The second-order valence-corrected chi connectivity index (χ2v) is 9.02. The van der Waals surface area contributed by atoms with E-state index in [4.69, 9.17) is 4.74 Å². The van der Waals surface area contributed by atoms with Crippen molar-refractivity contribution in [1.29, 1.82) is 0 Å². The molecule has 0 radical (unpaired) electrons. The van der Waals surface area contributed by atoms with Gasteiger partial charge in [0.1, 0.15) is 0 Å². The Morgan fingerprint density at radius 3 is 2.44 bits per heavy atom. The Hall–Kier alpha value is -2.92. The van der Waals surface area contributed by atoms with Gasteiger partial charge in [0.05, 0.1) is 16.1 Å². The maximum absolute atomic E-state index is 12.9. The number of anilines is 1. The normalized spacial score (nSPS) is 13.7. The SMILES string of the molecule is C=CCNC(=O)NC(=O)COC(=O)c1cc(S(=O)(=O)N(CC)CC)ccc1N1CCCC1. The van der Waals surface area contributed by atoms with Gasteiger partial charge < -0.3 is 15.0 Å². The molecule has 10 nitrogen and oxygen atoms in total. The number of hydrogen-bond donors (Lipinski definition) is 2. The first kappa shape index (κ1) is 25.3. The molecule has 176 valence electrons. The van der Waals surface area contributed by atoms with Crippen LogP contribution in [0.2, 0.25) is 0 Å². The van der Waals surface area contributed by atoms with E-state index in [1.54, 1.807) is 19.9 Å². The zero-order valence-corrected chi connectivity index (χ0v) is 19.2. The summed E-state index contributed by atoms with van der Waals surface area (Å²) in [6, 6.07) is 3.63. The van der Waals surface area contributed by atoms with E-state index in [0.29, 0.717) is 18.8 Å². The van der Waals surface area contributed by atoms with Crippen LogP contribution in [0.15, 0.2) is 35.7 Å². The highest BCUT2D eigenvalue weighted by atomic mass is 32.2. The van der Waals surface area contributed by atoms with Crippen LogP contribution in [0.4, 0.5) is 10.5 Å².